The lowest BCUT2D eigenvalue weighted by Gasteiger charge is -2.24. The molecule has 3 rings (SSSR count). The highest BCUT2D eigenvalue weighted by Gasteiger charge is 2.33. The maximum Gasteiger partial charge on any atom is 0.271 e. The van der Waals surface area contributed by atoms with Gasteiger partial charge in [0.05, 0.1) is 17.3 Å². The van der Waals surface area contributed by atoms with Crippen molar-refractivity contribution in [3.05, 3.63) is 39.9 Å². The maximum atomic E-state index is 12.8. The van der Waals surface area contributed by atoms with Gasteiger partial charge in [-0.2, -0.15) is 5.10 Å². The first-order chi connectivity index (χ1) is 9.99. The van der Waals surface area contributed by atoms with E-state index < -0.39 is 0 Å². The van der Waals surface area contributed by atoms with E-state index in [0.717, 1.165) is 24.9 Å². The normalized spacial score (nSPS) is 18.5. The smallest absolute Gasteiger partial charge is 0.271 e. The fraction of sp³-hybridized carbons (Fsp3) is 0.429. The van der Waals surface area contributed by atoms with Gasteiger partial charge in [0.25, 0.3) is 5.91 Å². The number of carbonyl (C=O) groups is 1. The largest absolute Gasteiger partial charge is 0.330 e. The summed E-state index contributed by atoms with van der Waals surface area (Å²) < 4.78 is 3.39. The van der Waals surface area contributed by atoms with Crippen molar-refractivity contribution >= 4 is 29.1 Å². The minimum absolute atomic E-state index is 0.0438. The summed E-state index contributed by atoms with van der Waals surface area (Å²) in [5.41, 5.74) is 1.58. The van der Waals surface area contributed by atoms with E-state index >= 15 is 0 Å². The lowest BCUT2D eigenvalue weighted by Crippen LogP contribution is -2.31. The van der Waals surface area contributed by atoms with Crippen molar-refractivity contribution in [2.45, 2.75) is 18.9 Å². The zero-order chi connectivity index (χ0) is 15.1. The molecule has 1 saturated heterocycles. The summed E-state index contributed by atoms with van der Waals surface area (Å²) in [7, 11) is 3.62. The zero-order valence-corrected chi connectivity index (χ0v) is 13.4. The van der Waals surface area contributed by atoms with Gasteiger partial charge in [0, 0.05) is 32.4 Å². The van der Waals surface area contributed by atoms with Gasteiger partial charge >= 0.3 is 0 Å². The van der Waals surface area contributed by atoms with Crippen LogP contribution < -0.4 is 0 Å². The van der Waals surface area contributed by atoms with Crippen molar-refractivity contribution in [1.82, 2.24) is 19.2 Å². The fourth-order valence-electron chi connectivity index (χ4n) is 2.86. The minimum atomic E-state index is -0.0438. The van der Waals surface area contributed by atoms with Crippen LogP contribution in [0.3, 0.4) is 0 Å². The first-order valence-electron chi connectivity index (χ1n) is 6.79. The molecule has 0 spiro atoms. The Balaban J connectivity index is 1.91. The van der Waals surface area contributed by atoms with Crippen molar-refractivity contribution in [3.63, 3.8) is 0 Å². The summed E-state index contributed by atoms with van der Waals surface area (Å²) in [5, 5.41) is 4.98. The van der Waals surface area contributed by atoms with E-state index in [4.69, 9.17) is 23.2 Å². The van der Waals surface area contributed by atoms with Crippen molar-refractivity contribution in [3.8, 4) is 0 Å². The average Bonchev–Trinajstić information content (AvgIpc) is 3.14. The second-order valence-electron chi connectivity index (χ2n) is 5.33. The molecule has 3 heterocycles. The highest BCUT2D eigenvalue weighted by Crippen LogP contribution is 2.34. The Kier molecular flexibility index (Phi) is 3.71. The molecule has 1 fully saturated rings. The molecular weight excluding hydrogens is 311 g/mol. The number of aryl methyl sites for hydroxylation is 1. The van der Waals surface area contributed by atoms with Crippen molar-refractivity contribution < 1.29 is 4.79 Å². The number of carbonyl (C=O) groups excluding carboxylic acids is 1. The zero-order valence-electron chi connectivity index (χ0n) is 11.9. The van der Waals surface area contributed by atoms with Crippen LogP contribution in [0, 0.1) is 0 Å². The summed E-state index contributed by atoms with van der Waals surface area (Å²) in [6.07, 6.45) is 5.71. The third-order valence-corrected chi connectivity index (χ3v) is 4.80. The molecule has 0 aromatic carbocycles. The first kappa shape index (κ1) is 14.5. The van der Waals surface area contributed by atoms with E-state index in [1.807, 2.05) is 24.3 Å². The molecule has 7 heteroatoms. The molecule has 1 unspecified atom stereocenters. The number of likely N-dealkylation sites (tertiary alicyclic amines) is 1. The predicted octanol–water partition coefficient (Wildman–Crippen LogP) is 3.04. The SMILES string of the molecule is Cn1cc(C2CCCN2C(=O)c2cc(Cl)c(Cl)n2C)cn1. The molecule has 1 aliphatic heterocycles. The molecular formula is C14H16Cl2N4O. The van der Waals surface area contributed by atoms with Crippen molar-refractivity contribution in [2.24, 2.45) is 14.1 Å². The maximum absolute atomic E-state index is 12.8. The van der Waals surface area contributed by atoms with Gasteiger partial charge in [-0.15, -0.1) is 0 Å². The number of halogens is 2. The highest BCUT2D eigenvalue weighted by atomic mass is 35.5. The van der Waals surface area contributed by atoms with Crippen LogP contribution in [0.4, 0.5) is 0 Å². The Morgan fingerprint density at radius 2 is 2.14 bits per heavy atom. The second-order valence-corrected chi connectivity index (χ2v) is 6.10. The first-order valence-corrected chi connectivity index (χ1v) is 7.55. The van der Waals surface area contributed by atoms with Gasteiger partial charge in [-0.3, -0.25) is 9.48 Å². The molecule has 0 aliphatic carbocycles. The summed E-state index contributed by atoms with van der Waals surface area (Å²) in [6, 6.07) is 1.70. The summed E-state index contributed by atoms with van der Waals surface area (Å²) in [6.45, 7) is 0.735. The molecule has 0 N–H and O–H groups in total. The van der Waals surface area contributed by atoms with E-state index in [-0.39, 0.29) is 11.9 Å². The van der Waals surface area contributed by atoms with Crippen LogP contribution in [0.15, 0.2) is 18.5 Å². The van der Waals surface area contributed by atoms with Gasteiger partial charge in [-0.25, -0.2) is 0 Å². The molecule has 2 aromatic heterocycles. The summed E-state index contributed by atoms with van der Waals surface area (Å²) in [4.78, 5) is 14.7. The van der Waals surface area contributed by atoms with Gasteiger partial charge in [-0.05, 0) is 18.9 Å². The van der Waals surface area contributed by atoms with Crippen LogP contribution in [0.5, 0.6) is 0 Å². The Hall–Kier alpha value is -1.46. The fourth-order valence-corrected chi connectivity index (χ4v) is 3.24. The number of hydrogen-bond acceptors (Lipinski definition) is 2. The number of rotatable bonds is 2. The van der Waals surface area contributed by atoms with E-state index in [1.165, 1.54) is 0 Å². The van der Waals surface area contributed by atoms with Gasteiger partial charge in [0.1, 0.15) is 10.8 Å². The van der Waals surface area contributed by atoms with Crippen LogP contribution in [0.1, 0.15) is 34.9 Å². The molecule has 1 amide bonds. The van der Waals surface area contributed by atoms with Gasteiger partial charge in [-0.1, -0.05) is 23.2 Å². The van der Waals surface area contributed by atoms with Crippen LogP contribution in [-0.4, -0.2) is 31.7 Å². The number of amides is 1. The van der Waals surface area contributed by atoms with Crippen LogP contribution in [0.25, 0.3) is 0 Å². The lowest BCUT2D eigenvalue weighted by molar-refractivity contribution is 0.0726. The summed E-state index contributed by atoms with van der Waals surface area (Å²) >= 11 is 12.1. The predicted molar refractivity (Wildman–Crippen MR) is 81.7 cm³/mol. The van der Waals surface area contributed by atoms with Crippen molar-refractivity contribution in [1.29, 1.82) is 0 Å². The Labute approximate surface area is 133 Å². The van der Waals surface area contributed by atoms with Gasteiger partial charge in [0.2, 0.25) is 0 Å². The second kappa shape index (κ2) is 5.39. The van der Waals surface area contributed by atoms with Crippen LogP contribution >= 0.6 is 23.2 Å². The number of nitrogens with zero attached hydrogens (tertiary/aromatic N) is 4. The molecule has 112 valence electrons. The Morgan fingerprint density at radius 1 is 1.38 bits per heavy atom. The van der Waals surface area contributed by atoms with Crippen molar-refractivity contribution in [2.75, 3.05) is 6.54 Å². The van der Waals surface area contributed by atoms with E-state index in [1.54, 1.807) is 22.4 Å². The molecule has 5 nitrogen and oxygen atoms in total. The molecule has 2 aromatic rings. The van der Waals surface area contributed by atoms with E-state index in [2.05, 4.69) is 5.10 Å². The molecule has 21 heavy (non-hydrogen) atoms. The molecule has 0 saturated carbocycles. The van der Waals surface area contributed by atoms with Gasteiger partial charge in [0.15, 0.2) is 0 Å². The van der Waals surface area contributed by atoms with Gasteiger partial charge < -0.3 is 9.47 Å². The van der Waals surface area contributed by atoms with E-state index in [0.29, 0.717) is 15.9 Å². The third kappa shape index (κ3) is 2.45. The quantitative estimate of drug-likeness (QED) is 0.851. The molecule has 0 radical (unpaired) electrons. The van der Waals surface area contributed by atoms with Crippen LogP contribution in [0.2, 0.25) is 10.2 Å². The van der Waals surface area contributed by atoms with E-state index in [9.17, 15) is 4.79 Å². The lowest BCUT2D eigenvalue weighted by atomic mass is 10.1. The Morgan fingerprint density at radius 3 is 2.71 bits per heavy atom. The minimum Gasteiger partial charge on any atom is -0.330 e. The topological polar surface area (TPSA) is 43.1 Å². The standard InChI is InChI=1S/C14H16Cl2N4O/c1-18-8-9(7-17-18)11-4-3-5-20(11)14(21)12-6-10(15)13(16)19(12)2/h6-8,11H,3-5H2,1-2H3. The monoisotopic (exact) mass is 326 g/mol. The molecule has 1 aliphatic rings. The Bertz CT molecular complexity index is 691. The highest BCUT2D eigenvalue weighted by molar-refractivity contribution is 6.41. The summed E-state index contributed by atoms with van der Waals surface area (Å²) in [5.74, 6) is -0.0438. The van der Waals surface area contributed by atoms with Crippen LogP contribution in [-0.2, 0) is 14.1 Å². The average molecular weight is 327 g/mol. The molecule has 0 bridgehead atoms. The number of hydrogen-bond donors (Lipinski definition) is 0. The third-order valence-electron chi connectivity index (χ3n) is 3.96. The number of aromatic nitrogens is 3. The molecule has 1 atom stereocenters.